The third-order valence-corrected chi connectivity index (χ3v) is 5.60. The quantitative estimate of drug-likeness (QED) is 0.793. The Hall–Kier alpha value is -1.67. The lowest BCUT2D eigenvalue weighted by Gasteiger charge is -2.36. The first kappa shape index (κ1) is 21.6. The molecule has 3 rings (SSSR count). The van der Waals surface area contributed by atoms with Crippen LogP contribution in [0.4, 0.5) is 5.13 Å². The first-order chi connectivity index (χ1) is 12.6. The number of ether oxygens (including phenoxy) is 1. The van der Waals surface area contributed by atoms with Gasteiger partial charge in [-0.2, -0.15) is 0 Å². The van der Waals surface area contributed by atoms with Gasteiger partial charge in [0.1, 0.15) is 5.75 Å². The number of rotatable bonds is 6. The summed E-state index contributed by atoms with van der Waals surface area (Å²) in [7, 11) is 1.72. The van der Waals surface area contributed by atoms with E-state index in [4.69, 9.17) is 9.72 Å². The van der Waals surface area contributed by atoms with Crippen LogP contribution in [0.1, 0.15) is 31.1 Å². The second-order valence-corrected chi connectivity index (χ2v) is 7.15. The van der Waals surface area contributed by atoms with Gasteiger partial charge in [0, 0.05) is 50.6 Å². The molecule has 1 aliphatic heterocycles. The fraction of sp³-hybridized carbons (Fsp3) is 0.474. The molecule has 8 heteroatoms. The molecule has 2 heterocycles. The molecule has 1 fully saturated rings. The minimum atomic E-state index is 0. The van der Waals surface area contributed by atoms with E-state index in [0.717, 1.165) is 42.8 Å². The van der Waals surface area contributed by atoms with E-state index in [1.165, 1.54) is 16.9 Å². The molecule has 0 spiro atoms. The van der Waals surface area contributed by atoms with Gasteiger partial charge in [-0.3, -0.25) is 14.6 Å². The van der Waals surface area contributed by atoms with E-state index in [0.29, 0.717) is 6.54 Å². The third-order valence-electron chi connectivity index (χ3n) is 4.68. The topological polar surface area (TPSA) is 57.7 Å². The Kier molecular flexibility index (Phi) is 8.04. The number of nitrogens with one attached hydrogen (secondary N) is 1. The van der Waals surface area contributed by atoms with Gasteiger partial charge in [0.2, 0.25) is 5.91 Å². The maximum absolute atomic E-state index is 11.7. The number of thiazole rings is 1. The lowest BCUT2D eigenvalue weighted by molar-refractivity contribution is -0.116. The number of nitrogens with zero attached hydrogens (tertiary/aromatic N) is 3. The van der Waals surface area contributed by atoms with Gasteiger partial charge < -0.3 is 10.1 Å². The first-order valence-corrected chi connectivity index (χ1v) is 9.82. The Bertz CT molecular complexity index is 755. The molecule has 1 unspecified atom stereocenters. The van der Waals surface area contributed by atoms with Crippen molar-refractivity contribution in [3.05, 3.63) is 40.9 Å². The molecule has 0 saturated carbocycles. The summed E-state index contributed by atoms with van der Waals surface area (Å²) in [6, 6.07) is 8.42. The number of carbonyl (C=O) groups excluding carboxylic acids is 1. The average molecular weight is 411 g/mol. The fourth-order valence-electron chi connectivity index (χ4n) is 3.38. The Morgan fingerprint density at radius 1 is 1.44 bits per heavy atom. The van der Waals surface area contributed by atoms with Crippen LogP contribution in [0.5, 0.6) is 5.75 Å². The average Bonchev–Trinajstić information content (AvgIpc) is 3.10. The van der Waals surface area contributed by atoms with Crippen LogP contribution in [0.2, 0.25) is 0 Å². The monoisotopic (exact) mass is 410 g/mol. The summed E-state index contributed by atoms with van der Waals surface area (Å²) >= 11 is 1.53. The molecule has 6 nitrogen and oxygen atoms in total. The standard InChI is InChI=1S/C19H26N4O2S.ClH/c1-4-23(14(2)24)19-21-15(13-26-19)12-22-10-9-20-11-17(22)16-7-5-6-8-18(16)25-3;/h5-8,13,17,20H,4,9-12H2,1-3H3;1H. The summed E-state index contributed by atoms with van der Waals surface area (Å²) in [5.41, 5.74) is 2.20. The molecule has 1 amide bonds. The molecule has 0 aliphatic carbocycles. The molecule has 1 N–H and O–H groups in total. The van der Waals surface area contributed by atoms with Crippen molar-refractivity contribution in [2.45, 2.75) is 26.4 Å². The SMILES string of the molecule is CCN(C(C)=O)c1nc(CN2CCNCC2c2ccccc2OC)cs1.Cl. The molecule has 1 aliphatic rings. The van der Waals surface area contributed by atoms with Gasteiger partial charge in [0.15, 0.2) is 5.13 Å². The second kappa shape index (κ2) is 10.0. The van der Waals surface area contributed by atoms with E-state index in [2.05, 4.69) is 27.7 Å². The number of carbonyl (C=O) groups is 1. The van der Waals surface area contributed by atoms with E-state index in [-0.39, 0.29) is 24.4 Å². The molecule has 27 heavy (non-hydrogen) atoms. The molecule has 1 atom stereocenters. The zero-order valence-electron chi connectivity index (χ0n) is 16.0. The van der Waals surface area contributed by atoms with Gasteiger partial charge in [-0.25, -0.2) is 4.98 Å². The van der Waals surface area contributed by atoms with Crippen LogP contribution >= 0.6 is 23.7 Å². The number of hydrogen-bond acceptors (Lipinski definition) is 6. The normalized spacial score (nSPS) is 17.2. The van der Waals surface area contributed by atoms with Crippen molar-refractivity contribution < 1.29 is 9.53 Å². The highest BCUT2D eigenvalue weighted by atomic mass is 35.5. The van der Waals surface area contributed by atoms with Crippen molar-refractivity contribution in [2.24, 2.45) is 0 Å². The summed E-state index contributed by atoms with van der Waals surface area (Å²) in [5.74, 6) is 0.946. The van der Waals surface area contributed by atoms with E-state index in [1.54, 1.807) is 18.9 Å². The summed E-state index contributed by atoms with van der Waals surface area (Å²) in [4.78, 5) is 20.6. The zero-order chi connectivity index (χ0) is 18.5. The highest BCUT2D eigenvalue weighted by molar-refractivity contribution is 7.14. The molecule has 1 saturated heterocycles. The number of aromatic nitrogens is 1. The largest absolute Gasteiger partial charge is 0.496 e. The van der Waals surface area contributed by atoms with Gasteiger partial charge in [-0.1, -0.05) is 18.2 Å². The number of piperazine rings is 1. The van der Waals surface area contributed by atoms with Crippen LogP contribution in [0.3, 0.4) is 0 Å². The van der Waals surface area contributed by atoms with Crippen molar-refractivity contribution in [2.75, 3.05) is 38.2 Å². The van der Waals surface area contributed by atoms with E-state index >= 15 is 0 Å². The number of methoxy groups -OCH3 is 1. The van der Waals surface area contributed by atoms with E-state index in [9.17, 15) is 4.79 Å². The van der Waals surface area contributed by atoms with Crippen LogP contribution < -0.4 is 15.0 Å². The number of halogens is 1. The molecule has 1 aromatic heterocycles. The third kappa shape index (κ3) is 4.99. The van der Waals surface area contributed by atoms with Gasteiger partial charge in [-0.15, -0.1) is 23.7 Å². The zero-order valence-corrected chi connectivity index (χ0v) is 17.6. The summed E-state index contributed by atoms with van der Waals surface area (Å²) < 4.78 is 5.56. The smallest absolute Gasteiger partial charge is 0.225 e. The number of amides is 1. The molecule has 0 radical (unpaired) electrons. The highest BCUT2D eigenvalue weighted by Crippen LogP contribution is 2.31. The predicted octanol–water partition coefficient (Wildman–Crippen LogP) is 3.09. The number of anilines is 1. The lowest BCUT2D eigenvalue weighted by atomic mass is 10.0. The Balaban J connectivity index is 0.00000261. The van der Waals surface area contributed by atoms with Gasteiger partial charge in [0.05, 0.1) is 18.8 Å². The minimum absolute atomic E-state index is 0. The fourth-order valence-corrected chi connectivity index (χ4v) is 4.30. The minimum Gasteiger partial charge on any atom is -0.496 e. The van der Waals surface area contributed by atoms with Gasteiger partial charge in [-0.05, 0) is 13.0 Å². The molecule has 0 bridgehead atoms. The van der Waals surface area contributed by atoms with E-state index < -0.39 is 0 Å². The molecule has 2 aromatic rings. The van der Waals surface area contributed by atoms with E-state index in [1.807, 2.05) is 19.1 Å². The van der Waals surface area contributed by atoms with Crippen molar-refractivity contribution in [3.63, 3.8) is 0 Å². The predicted molar refractivity (Wildman–Crippen MR) is 112 cm³/mol. The molecular weight excluding hydrogens is 384 g/mol. The Morgan fingerprint density at radius 3 is 2.93 bits per heavy atom. The summed E-state index contributed by atoms with van der Waals surface area (Å²) in [6.45, 7) is 7.73. The van der Waals surface area contributed by atoms with Crippen LogP contribution in [0, 0.1) is 0 Å². The first-order valence-electron chi connectivity index (χ1n) is 8.94. The van der Waals surface area contributed by atoms with Crippen LogP contribution in [0.15, 0.2) is 29.6 Å². The Morgan fingerprint density at radius 2 is 2.22 bits per heavy atom. The van der Waals surface area contributed by atoms with Crippen molar-refractivity contribution in [1.82, 2.24) is 15.2 Å². The van der Waals surface area contributed by atoms with Crippen molar-refractivity contribution in [1.29, 1.82) is 0 Å². The van der Waals surface area contributed by atoms with Crippen LogP contribution in [-0.2, 0) is 11.3 Å². The summed E-state index contributed by atoms with van der Waals surface area (Å²) in [5, 5.41) is 6.31. The van der Waals surface area contributed by atoms with Gasteiger partial charge >= 0.3 is 0 Å². The molecule has 148 valence electrons. The molecular formula is C19H27ClN4O2S. The Labute approximate surface area is 170 Å². The van der Waals surface area contributed by atoms with Crippen molar-refractivity contribution in [3.8, 4) is 5.75 Å². The maximum atomic E-state index is 11.7. The second-order valence-electron chi connectivity index (χ2n) is 6.32. The van der Waals surface area contributed by atoms with Crippen LogP contribution in [0.25, 0.3) is 0 Å². The summed E-state index contributed by atoms with van der Waals surface area (Å²) in [6.07, 6.45) is 0. The number of para-hydroxylation sites is 1. The highest BCUT2D eigenvalue weighted by Gasteiger charge is 2.27. The lowest BCUT2D eigenvalue weighted by Crippen LogP contribution is -2.45. The maximum Gasteiger partial charge on any atom is 0.225 e. The van der Waals surface area contributed by atoms with Crippen molar-refractivity contribution >= 4 is 34.8 Å². The van der Waals surface area contributed by atoms with Gasteiger partial charge in [0.25, 0.3) is 0 Å². The number of hydrogen-bond donors (Lipinski definition) is 1. The van der Waals surface area contributed by atoms with Crippen LogP contribution in [-0.4, -0.2) is 49.1 Å². The molecule has 1 aromatic carbocycles. The number of benzene rings is 1.